The number of nitrogens with zero attached hydrogens (tertiary/aromatic N) is 1. The predicted molar refractivity (Wildman–Crippen MR) is 106 cm³/mol. The Bertz CT molecular complexity index is 965. The number of ether oxygens (including phenoxy) is 3. The normalized spacial score (nSPS) is 10.4. The highest BCUT2D eigenvalue weighted by atomic mass is 32.1. The highest BCUT2D eigenvalue weighted by molar-refractivity contribution is 7.13. The van der Waals surface area contributed by atoms with Crippen LogP contribution >= 0.6 is 11.3 Å². The summed E-state index contributed by atoms with van der Waals surface area (Å²) in [5.74, 6) is 0.857. The number of aldehydes is 1. The summed E-state index contributed by atoms with van der Waals surface area (Å²) < 4.78 is 16.2. The van der Waals surface area contributed by atoms with E-state index in [1.165, 1.54) is 11.3 Å². The number of carbonyl (C=O) groups is 2. The molecule has 3 aromatic rings. The van der Waals surface area contributed by atoms with Crippen LogP contribution in [0.3, 0.4) is 0 Å². The first-order valence-electron chi connectivity index (χ1n) is 8.62. The lowest BCUT2D eigenvalue weighted by Gasteiger charge is -2.09. The molecule has 0 atom stereocenters. The third kappa shape index (κ3) is 4.55. The Labute approximate surface area is 166 Å². The zero-order chi connectivity index (χ0) is 19.9. The Morgan fingerprint density at radius 1 is 1.14 bits per heavy atom. The Kier molecular flexibility index (Phi) is 6.39. The van der Waals surface area contributed by atoms with Crippen molar-refractivity contribution < 1.29 is 23.8 Å². The molecule has 0 bridgehead atoms. The molecule has 0 amide bonds. The highest BCUT2D eigenvalue weighted by Gasteiger charge is 2.12. The van der Waals surface area contributed by atoms with E-state index < -0.39 is 5.97 Å². The van der Waals surface area contributed by atoms with Crippen LogP contribution in [0.15, 0.2) is 47.8 Å². The van der Waals surface area contributed by atoms with Crippen molar-refractivity contribution >= 4 is 23.6 Å². The molecule has 3 rings (SSSR count). The molecule has 144 valence electrons. The minimum absolute atomic E-state index is 0.0684. The van der Waals surface area contributed by atoms with Gasteiger partial charge in [0.2, 0.25) is 0 Å². The Morgan fingerprint density at radius 3 is 2.61 bits per heavy atom. The fourth-order valence-electron chi connectivity index (χ4n) is 2.50. The molecule has 0 N–H and O–H groups in total. The van der Waals surface area contributed by atoms with E-state index in [0.717, 1.165) is 16.9 Å². The van der Waals surface area contributed by atoms with Crippen molar-refractivity contribution in [3.63, 3.8) is 0 Å². The van der Waals surface area contributed by atoms with Crippen LogP contribution in [-0.4, -0.2) is 31.0 Å². The third-order valence-corrected chi connectivity index (χ3v) is 4.84. The fraction of sp³-hybridized carbons (Fsp3) is 0.190. The van der Waals surface area contributed by atoms with Crippen molar-refractivity contribution in [3.8, 4) is 22.1 Å². The standard InChI is InChI=1S/C21H19NO5S/c1-3-26-18-9-8-16(10-19(18)25-2)20-22-17(13-28-20)12-27-21(24)15-6-4-14(11-23)5-7-15/h4-11,13H,3,12H2,1-2H3. The number of benzene rings is 2. The minimum atomic E-state index is -0.463. The zero-order valence-corrected chi connectivity index (χ0v) is 16.3. The lowest BCUT2D eigenvalue weighted by Crippen LogP contribution is -2.05. The number of methoxy groups -OCH3 is 1. The van der Waals surface area contributed by atoms with Gasteiger partial charge in [-0.25, -0.2) is 9.78 Å². The van der Waals surface area contributed by atoms with E-state index in [0.29, 0.717) is 34.9 Å². The Morgan fingerprint density at radius 2 is 1.93 bits per heavy atom. The van der Waals surface area contributed by atoms with Gasteiger partial charge in [0, 0.05) is 16.5 Å². The van der Waals surface area contributed by atoms with Crippen LogP contribution in [0.2, 0.25) is 0 Å². The van der Waals surface area contributed by atoms with Crippen molar-refractivity contribution in [2.75, 3.05) is 13.7 Å². The van der Waals surface area contributed by atoms with Gasteiger partial charge in [0.05, 0.1) is 25.0 Å². The summed E-state index contributed by atoms with van der Waals surface area (Å²) in [6, 6.07) is 11.9. The number of rotatable bonds is 8. The number of hydrogen-bond donors (Lipinski definition) is 0. The van der Waals surface area contributed by atoms with Gasteiger partial charge in [-0.1, -0.05) is 12.1 Å². The molecule has 28 heavy (non-hydrogen) atoms. The van der Waals surface area contributed by atoms with Crippen molar-refractivity contribution in [1.29, 1.82) is 0 Å². The topological polar surface area (TPSA) is 74.7 Å². The number of thiazole rings is 1. The maximum atomic E-state index is 12.1. The van der Waals surface area contributed by atoms with Crippen molar-refractivity contribution in [2.24, 2.45) is 0 Å². The SMILES string of the molecule is CCOc1ccc(-c2nc(COC(=O)c3ccc(C=O)cc3)cs2)cc1OC. The number of esters is 1. The molecule has 1 aromatic heterocycles. The first-order chi connectivity index (χ1) is 13.6. The number of aromatic nitrogens is 1. The third-order valence-electron chi connectivity index (χ3n) is 3.90. The summed E-state index contributed by atoms with van der Waals surface area (Å²) in [6.45, 7) is 2.54. The van der Waals surface area contributed by atoms with Gasteiger partial charge in [0.15, 0.2) is 11.5 Å². The number of carbonyl (C=O) groups excluding carboxylic acids is 2. The molecule has 0 saturated heterocycles. The van der Waals surface area contributed by atoms with Gasteiger partial charge in [-0.2, -0.15) is 0 Å². The largest absolute Gasteiger partial charge is 0.493 e. The smallest absolute Gasteiger partial charge is 0.338 e. The summed E-state index contributed by atoms with van der Waals surface area (Å²) in [5, 5.41) is 2.64. The molecular formula is C21H19NO5S. The average molecular weight is 397 g/mol. The molecule has 0 aliphatic rings. The predicted octanol–water partition coefficient (Wildman–Crippen LogP) is 4.39. The molecule has 0 aliphatic carbocycles. The van der Waals surface area contributed by atoms with Gasteiger partial charge < -0.3 is 14.2 Å². The summed E-state index contributed by atoms with van der Waals surface area (Å²) in [4.78, 5) is 27.3. The van der Waals surface area contributed by atoms with Gasteiger partial charge in [-0.15, -0.1) is 11.3 Å². The summed E-state index contributed by atoms with van der Waals surface area (Å²) in [6.07, 6.45) is 0.724. The molecule has 0 spiro atoms. The van der Waals surface area contributed by atoms with E-state index in [4.69, 9.17) is 14.2 Å². The van der Waals surface area contributed by atoms with Gasteiger partial charge in [-0.05, 0) is 37.3 Å². The molecule has 1 heterocycles. The van der Waals surface area contributed by atoms with E-state index in [9.17, 15) is 9.59 Å². The maximum absolute atomic E-state index is 12.1. The Balaban J connectivity index is 1.66. The highest BCUT2D eigenvalue weighted by Crippen LogP contribution is 2.33. The molecule has 0 radical (unpaired) electrons. The quantitative estimate of drug-likeness (QED) is 0.415. The van der Waals surface area contributed by atoms with Gasteiger partial charge in [-0.3, -0.25) is 4.79 Å². The van der Waals surface area contributed by atoms with Crippen LogP contribution in [0.1, 0.15) is 33.3 Å². The molecule has 6 nitrogen and oxygen atoms in total. The molecule has 0 fully saturated rings. The van der Waals surface area contributed by atoms with Crippen LogP contribution in [0.4, 0.5) is 0 Å². The average Bonchev–Trinajstić information content (AvgIpc) is 3.21. The second-order valence-corrected chi connectivity index (χ2v) is 6.62. The van der Waals surface area contributed by atoms with Gasteiger partial charge in [0.1, 0.15) is 17.9 Å². The molecule has 0 aliphatic heterocycles. The lowest BCUT2D eigenvalue weighted by atomic mass is 10.1. The van der Waals surface area contributed by atoms with Crippen molar-refractivity contribution in [3.05, 3.63) is 64.7 Å². The Hall–Kier alpha value is -3.19. The van der Waals surface area contributed by atoms with Gasteiger partial charge >= 0.3 is 5.97 Å². The maximum Gasteiger partial charge on any atom is 0.338 e. The fourth-order valence-corrected chi connectivity index (χ4v) is 3.30. The molecule has 2 aromatic carbocycles. The van der Waals surface area contributed by atoms with Crippen LogP contribution in [0.25, 0.3) is 10.6 Å². The minimum Gasteiger partial charge on any atom is -0.493 e. The van der Waals surface area contributed by atoms with Crippen LogP contribution < -0.4 is 9.47 Å². The lowest BCUT2D eigenvalue weighted by molar-refractivity contribution is 0.0468. The van der Waals surface area contributed by atoms with Crippen molar-refractivity contribution in [1.82, 2.24) is 4.98 Å². The van der Waals surface area contributed by atoms with Crippen molar-refractivity contribution in [2.45, 2.75) is 13.5 Å². The monoisotopic (exact) mass is 397 g/mol. The van der Waals surface area contributed by atoms with Gasteiger partial charge in [0.25, 0.3) is 0 Å². The molecular weight excluding hydrogens is 378 g/mol. The van der Waals surface area contributed by atoms with E-state index in [2.05, 4.69) is 4.98 Å². The van der Waals surface area contributed by atoms with Crippen LogP contribution in [0.5, 0.6) is 11.5 Å². The molecule has 0 saturated carbocycles. The number of hydrogen-bond acceptors (Lipinski definition) is 7. The molecule has 7 heteroatoms. The summed E-state index contributed by atoms with van der Waals surface area (Å²) in [5.41, 5.74) is 2.45. The van der Waals surface area contributed by atoms with Crippen LogP contribution in [0, 0.1) is 0 Å². The van der Waals surface area contributed by atoms with Crippen LogP contribution in [-0.2, 0) is 11.3 Å². The first kappa shape index (κ1) is 19.6. The zero-order valence-electron chi connectivity index (χ0n) is 15.5. The molecule has 0 unspecified atom stereocenters. The summed E-state index contributed by atoms with van der Waals surface area (Å²) in [7, 11) is 1.59. The first-order valence-corrected chi connectivity index (χ1v) is 9.50. The van der Waals surface area contributed by atoms with E-state index in [-0.39, 0.29) is 6.61 Å². The second-order valence-electron chi connectivity index (χ2n) is 5.76. The second kappa shape index (κ2) is 9.14. The van der Waals surface area contributed by atoms with E-state index in [1.54, 1.807) is 31.4 Å². The van der Waals surface area contributed by atoms with E-state index in [1.807, 2.05) is 30.5 Å². The summed E-state index contributed by atoms with van der Waals surface area (Å²) >= 11 is 1.46. The van der Waals surface area contributed by atoms with E-state index >= 15 is 0 Å².